The molecule has 25 heavy (non-hydrogen) atoms. The SMILES string of the molecule is COC(=O)c1ccc(NC(=O)C(C)(C)C(=O)NCCCN(C)C)cc1. The molecule has 0 aliphatic carbocycles. The fourth-order valence-electron chi connectivity index (χ4n) is 2.02. The number of methoxy groups -OCH3 is 1. The van der Waals surface area contributed by atoms with E-state index in [0.29, 0.717) is 17.8 Å². The van der Waals surface area contributed by atoms with Crippen LogP contribution in [0.2, 0.25) is 0 Å². The van der Waals surface area contributed by atoms with Crippen molar-refractivity contribution in [3.63, 3.8) is 0 Å². The molecule has 7 nitrogen and oxygen atoms in total. The smallest absolute Gasteiger partial charge is 0.337 e. The third-order valence-electron chi connectivity index (χ3n) is 3.77. The first-order valence-electron chi connectivity index (χ1n) is 8.11. The number of anilines is 1. The van der Waals surface area contributed by atoms with Gasteiger partial charge < -0.3 is 20.3 Å². The fourth-order valence-corrected chi connectivity index (χ4v) is 2.02. The zero-order valence-electron chi connectivity index (χ0n) is 15.5. The highest BCUT2D eigenvalue weighted by molar-refractivity contribution is 6.09. The van der Waals surface area contributed by atoms with E-state index >= 15 is 0 Å². The van der Waals surface area contributed by atoms with E-state index in [-0.39, 0.29) is 5.91 Å². The summed E-state index contributed by atoms with van der Waals surface area (Å²) in [7, 11) is 5.23. The number of benzene rings is 1. The average molecular weight is 349 g/mol. The number of carbonyl (C=O) groups is 3. The normalized spacial score (nSPS) is 11.1. The van der Waals surface area contributed by atoms with Crippen LogP contribution in [-0.2, 0) is 14.3 Å². The monoisotopic (exact) mass is 349 g/mol. The zero-order chi connectivity index (χ0) is 19.0. The first-order chi connectivity index (χ1) is 11.7. The lowest BCUT2D eigenvalue weighted by molar-refractivity contribution is -0.138. The van der Waals surface area contributed by atoms with E-state index in [9.17, 15) is 14.4 Å². The molecule has 138 valence electrons. The molecular formula is C18H27N3O4. The van der Waals surface area contributed by atoms with Gasteiger partial charge in [0, 0.05) is 12.2 Å². The summed E-state index contributed by atoms with van der Waals surface area (Å²) in [6, 6.07) is 6.29. The molecule has 0 aliphatic heterocycles. The second-order valence-corrected chi connectivity index (χ2v) is 6.56. The van der Waals surface area contributed by atoms with Gasteiger partial charge in [-0.2, -0.15) is 0 Å². The summed E-state index contributed by atoms with van der Waals surface area (Å²) in [5.74, 6) is -1.19. The van der Waals surface area contributed by atoms with Crippen LogP contribution in [0.3, 0.4) is 0 Å². The van der Waals surface area contributed by atoms with Crippen molar-refractivity contribution in [2.75, 3.05) is 39.6 Å². The van der Waals surface area contributed by atoms with Gasteiger partial charge in [-0.25, -0.2) is 4.79 Å². The first kappa shape index (κ1) is 20.6. The number of nitrogens with one attached hydrogen (secondary N) is 2. The molecule has 0 spiro atoms. The second-order valence-electron chi connectivity index (χ2n) is 6.56. The molecule has 2 N–H and O–H groups in total. The van der Waals surface area contributed by atoms with E-state index in [2.05, 4.69) is 15.4 Å². The molecule has 0 unspecified atom stereocenters. The van der Waals surface area contributed by atoms with Crippen LogP contribution in [0.15, 0.2) is 24.3 Å². The number of carbonyl (C=O) groups excluding carboxylic acids is 3. The molecule has 0 saturated carbocycles. The molecule has 7 heteroatoms. The number of nitrogens with zero attached hydrogens (tertiary/aromatic N) is 1. The Labute approximate surface area is 148 Å². The van der Waals surface area contributed by atoms with Crippen LogP contribution in [-0.4, -0.2) is 57.0 Å². The van der Waals surface area contributed by atoms with Crippen molar-refractivity contribution in [3.05, 3.63) is 29.8 Å². The Hall–Kier alpha value is -2.41. The van der Waals surface area contributed by atoms with Crippen LogP contribution in [0, 0.1) is 5.41 Å². The van der Waals surface area contributed by atoms with E-state index in [1.165, 1.54) is 7.11 Å². The molecule has 2 amide bonds. The Balaban J connectivity index is 2.61. The Morgan fingerprint density at radius 2 is 1.68 bits per heavy atom. The molecule has 0 bridgehead atoms. The molecule has 0 heterocycles. The van der Waals surface area contributed by atoms with E-state index in [1.54, 1.807) is 38.1 Å². The van der Waals surface area contributed by atoms with Gasteiger partial charge in [-0.15, -0.1) is 0 Å². The second kappa shape index (κ2) is 9.17. The van der Waals surface area contributed by atoms with Crippen molar-refractivity contribution < 1.29 is 19.1 Å². The van der Waals surface area contributed by atoms with Crippen molar-refractivity contribution in [1.29, 1.82) is 0 Å². The molecule has 0 radical (unpaired) electrons. The van der Waals surface area contributed by atoms with Gasteiger partial charge in [-0.3, -0.25) is 9.59 Å². The summed E-state index contributed by atoms with van der Waals surface area (Å²) in [5, 5.41) is 5.48. The minimum absolute atomic E-state index is 0.324. The van der Waals surface area contributed by atoms with E-state index in [1.807, 2.05) is 19.0 Å². The molecule has 0 saturated heterocycles. The van der Waals surface area contributed by atoms with Gasteiger partial charge in [-0.1, -0.05) is 0 Å². The lowest BCUT2D eigenvalue weighted by Crippen LogP contribution is -2.45. The molecule has 0 fully saturated rings. The molecule has 0 aromatic heterocycles. The van der Waals surface area contributed by atoms with Crippen molar-refractivity contribution in [1.82, 2.24) is 10.2 Å². The lowest BCUT2D eigenvalue weighted by Gasteiger charge is -2.23. The number of amides is 2. The van der Waals surface area contributed by atoms with Crippen molar-refractivity contribution in [2.24, 2.45) is 5.41 Å². The third-order valence-corrected chi connectivity index (χ3v) is 3.77. The Morgan fingerprint density at radius 1 is 1.08 bits per heavy atom. The number of rotatable bonds is 8. The zero-order valence-corrected chi connectivity index (χ0v) is 15.5. The average Bonchev–Trinajstić information content (AvgIpc) is 2.58. The van der Waals surface area contributed by atoms with Crippen LogP contribution in [0.5, 0.6) is 0 Å². The predicted molar refractivity (Wildman–Crippen MR) is 96.4 cm³/mol. The van der Waals surface area contributed by atoms with Gasteiger partial charge in [0.25, 0.3) is 0 Å². The van der Waals surface area contributed by atoms with Crippen molar-refractivity contribution >= 4 is 23.5 Å². The summed E-state index contributed by atoms with van der Waals surface area (Å²) < 4.78 is 4.62. The highest BCUT2D eigenvalue weighted by atomic mass is 16.5. The number of hydrogen-bond acceptors (Lipinski definition) is 5. The maximum absolute atomic E-state index is 12.4. The molecule has 1 aromatic rings. The first-order valence-corrected chi connectivity index (χ1v) is 8.11. The minimum atomic E-state index is -1.21. The maximum Gasteiger partial charge on any atom is 0.337 e. The fraction of sp³-hybridized carbons (Fsp3) is 0.500. The van der Waals surface area contributed by atoms with Gasteiger partial charge in [0.15, 0.2) is 0 Å². The summed E-state index contributed by atoms with van der Waals surface area (Å²) in [6.07, 6.45) is 0.811. The lowest BCUT2D eigenvalue weighted by atomic mass is 9.91. The van der Waals surface area contributed by atoms with Crippen LogP contribution >= 0.6 is 0 Å². The van der Waals surface area contributed by atoms with Crippen LogP contribution < -0.4 is 10.6 Å². The van der Waals surface area contributed by atoms with Crippen molar-refractivity contribution in [2.45, 2.75) is 20.3 Å². The highest BCUT2D eigenvalue weighted by Gasteiger charge is 2.35. The Kier molecular flexibility index (Phi) is 7.57. The number of ether oxygens (including phenoxy) is 1. The van der Waals surface area contributed by atoms with Crippen LogP contribution in [0.1, 0.15) is 30.6 Å². The highest BCUT2D eigenvalue weighted by Crippen LogP contribution is 2.19. The summed E-state index contributed by atoms with van der Waals surface area (Å²) >= 11 is 0. The molecule has 1 aromatic carbocycles. The summed E-state index contributed by atoms with van der Waals surface area (Å²) in [6.45, 7) is 4.53. The largest absolute Gasteiger partial charge is 0.465 e. The molecule has 0 atom stereocenters. The van der Waals surface area contributed by atoms with Gasteiger partial charge in [0.2, 0.25) is 11.8 Å². The van der Waals surface area contributed by atoms with Gasteiger partial charge in [-0.05, 0) is 65.2 Å². The Morgan fingerprint density at radius 3 is 2.20 bits per heavy atom. The summed E-state index contributed by atoms with van der Waals surface area (Å²) in [4.78, 5) is 38.1. The number of esters is 1. The van der Waals surface area contributed by atoms with Gasteiger partial charge in [0.1, 0.15) is 5.41 Å². The Bertz CT molecular complexity index is 609. The van der Waals surface area contributed by atoms with Gasteiger partial charge >= 0.3 is 5.97 Å². The summed E-state index contributed by atoms with van der Waals surface area (Å²) in [5.41, 5.74) is -0.316. The third kappa shape index (κ3) is 6.19. The standard InChI is InChI=1S/C18H27N3O4/c1-18(2,16(23)19-11-6-12-21(3)4)17(24)20-14-9-7-13(8-10-14)15(22)25-5/h7-10H,6,11-12H2,1-5H3,(H,19,23)(H,20,24). The predicted octanol–water partition coefficient (Wildman–Crippen LogP) is 1.51. The molecular weight excluding hydrogens is 322 g/mol. The van der Waals surface area contributed by atoms with E-state index in [0.717, 1.165) is 13.0 Å². The van der Waals surface area contributed by atoms with E-state index < -0.39 is 17.3 Å². The van der Waals surface area contributed by atoms with Crippen LogP contribution in [0.4, 0.5) is 5.69 Å². The number of hydrogen-bond donors (Lipinski definition) is 2. The molecule has 0 aliphatic rings. The topological polar surface area (TPSA) is 87.7 Å². The van der Waals surface area contributed by atoms with E-state index in [4.69, 9.17) is 0 Å². The quantitative estimate of drug-likeness (QED) is 0.422. The minimum Gasteiger partial charge on any atom is -0.465 e. The van der Waals surface area contributed by atoms with Crippen molar-refractivity contribution in [3.8, 4) is 0 Å². The molecule has 1 rings (SSSR count). The maximum atomic E-state index is 12.4. The van der Waals surface area contributed by atoms with Gasteiger partial charge in [0.05, 0.1) is 12.7 Å². The van der Waals surface area contributed by atoms with Crippen LogP contribution in [0.25, 0.3) is 0 Å².